The lowest BCUT2D eigenvalue weighted by molar-refractivity contribution is 0.202. The molecule has 1 heterocycles. The zero-order valence-electron chi connectivity index (χ0n) is 12.4. The fourth-order valence-corrected chi connectivity index (χ4v) is 2.19. The van der Waals surface area contributed by atoms with Crippen molar-refractivity contribution in [1.82, 2.24) is 10.3 Å². The average Bonchev–Trinajstić information content (AvgIpc) is 2.49. The van der Waals surface area contributed by atoms with Gasteiger partial charge in [0.25, 0.3) is 0 Å². The lowest BCUT2D eigenvalue weighted by Crippen LogP contribution is -2.22. The minimum atomic E-state index is -0.00370. The first-order chi connectivity index (χ1) is 9.74. The van der Waals surface area contributed by atoms with Crippen molar-refractivity contribution in [2.75, 3.05) is 13.6 Å². The van der Waals surface area contributed by atoms with Gasteiger partial charge >= 0.3 is 0 Å². The van der Waals surface area contributed by atoms with Crippen LogP contribution in [-0.4, -0.2) is 18.6 Å². The number of likely N-dealkylation sites (N-methyl/N-ethyl adjacent to an activating group) is 1. The Morgan fingerprint density at radius 3 is 2.55 bits per heavy atom. The van der Waals surface area contributed by atoms with Gasteiger partial charge in [0.15, 0.2) is 0 Å². The Balaban J connectivity index is 2.24. The topological polar surface area (TPSA) is 34.1 Å². The summed E-state index contributed by atoms with van der Waals surface area (Å²) < 4.78 is 6.19. The smallest absolute Gasteiger partial charge is 0.141 e. The molecule has 20 heavy (non-hydrogen) atoms. The van der Waals surface area contributed by atoms with Crippen LogP contribution in [0.2, 0.25) is 0 Å². The van der Waals surface area contributed by atoms with Crippen LogP contribution in [-0.2, 0) is 6.42 Å². The summed E-state index contributed by atoms with van der Waals surface area (Å²) in [6.07, 6.45) is 0.869. The molecular formula is C17H22N2O. The highest BCUT2D eigenvalue weighted by molar-refractivity contribution is 5.30. The van der Waals surface area contributed by atoms with Crippen molar-refractivity contribution in [2.24, 2.45) is 0 Å². The van der Waals surface area contributed by atoms with Crippen LogP contribution >= 0.6 is 0 Å². The Hall–Kier alpha value is -1.87. The fraction of sp³-hybridized carbons (Fsp3) is 0.353. The maximum absolute atomic E-state index is 6.19. The molecule has 0 aliphatic heterocycles. The van der Waals surface area contributed by atoms with Crippen LogP contribution in [0.4, 0.5) is 0 Å². The Morgan fingerprint density at radius 2 is 1.90 bits per heavy atom. The van der Waals surface area contributed by atoms with Gasteiger partial charge < -0.3 is 10.1 Å². The molecule has 0 aliphatic rings. The van der Waals surface area contributed by atoms with Crippen molar-refractivity contribution in [3.05, 3.63) is 59.4 Å². The van der Waals surface area contributed by atoms with Crippen molar-refractivity contribution >= 4 is 0 Å². The third-order valence-corrected chi connectivity index (χ3v) is 3.24. The first-order valence-electron chi connectivity index (χ1n) is 7.07. The van der Waals surface area contributed by atoms with Crippen LogP contribution < -0.4 is 10.1 Å². The van der Waals surface area contributed by atoms with Crippen molar-refractivity contribution in [2.45, 2.75) is 26.4 Å². The van der Waals surface area contributed by atoms with E-state index in [1.807, 2.05) is 44.3 Å². The van der Waals surface area contributed by atoms with Crippen molar-refractivity contribution in [3.8, 4) is 5.75 Å². The largest absolute Gasteiger partial charge is 0.482 e. The zero-order chi connectivity index (χ0) is 14.4. The number of aryl methyl sites for hydroxylation is 2. The van der Waals surface area contributed by atoms with E-state index in [1.54, 1.807) is 0 Å². The second-order valence-corrected chi connectivity index (χ2v) is 4.83. The number of rotatable bonds is 6. The van der Waals surface area contributed by atoms with Crippen LogP contribution in [0.15, 0.2) is 42.5 Å². The third-order valence-electron chi connectivity index (χ3n) is 3.24. The van der Waals surface area contributed by atoms with Gasteiger partial charge in [-0.15, -0.1) is 0 Å². The van der Waals surface area contributed by atoms with E-state index in [0.29, 0.717) is 0 Å². The molecule has 2 aromatic rings. The van der Waals surface area contributed by atoms with Crippen LogP contribution in [0.1, 0.15) is 30.0 Å². The molecule has 3 nitrogen and oxygen atoms in total. The second kappa shape index (κ2) is 7.06. The molecule has 1 aromatic carbocycles. The maximum Gasteiger partial charge on any atom is 0.141 e. The number of nitrogens with zero attached hydrogens (tertiary/aromatic N) is 1. The molecule has 0 bridgehead atoms. The van der Waals surface area contributed by atoms with Gasteiger partial charge in [-0.1, -0.05) is 37.3 Å². The quantitative estimate of drug-likeness (QED) is 0.874. The minimum Gasteiger partial charge on any atom is -0.482 e. The molecule has 0 amide bonds. The highest BCUT2D eigenvalue weighted by Gasteiger charge is 2.14. The number of pyridine rings is 1. The number of aromatic nitrogens is 1. The molecule has 0 fully saturated rings. The van der Waals surface area contributed by atoms with Crippen LogP contribution in [0, 0.1) is 6.92 Å². The lowest BCUT2D eigenvalue weighted by Gasteiger charge is -2.21. The van der Waals surface area contributed by atoms with Crippen molar-refractivity contribution < 1.29 is 4.74 Å². The number of ether oxygens (including phenoxy) is 1. The SMILES string of the molecule is CCc1nc(C)ccc1OC(CNC)c1ccccc1. The number of benzene rings is 1. The molecule has 0 saturated carbocycles. The summed E-state index contributed by atoms with van der Waals surface area (Å²) >= 11 is 0. The predicted octanol–water partition coefficient (Wildman–Crippen LogP) is 3.29. The molecule has 3 heteroatoms. The first kappa shape index (κ1) is 14.5. The molecule has 0 radical (unpaired) electrons. The van der Waals surface area contributed by atoms with Gasteiger partial charge in [0.05, 0.1) is 5.69 Å². The normalized spacial score (nSPS) is 12.2. The van der Waals surface area contributed by atoms with E-state index in [1.165, 1.54) is 5.56 Å². The first-order valence-corrected chi connectivity index (χ1v) is 7.07. The number of hydrogen-bond donors (Lipinski definition) is 1. The average molecular weight is 270 g/mol. The molecule has 0 aliphatic carbocycles. The lowest BCUT2D eigenvalue weighted by atomic mass is 10.1. The molecule has 1 aromatic heterocycles. The van der Waals surface area contributed by atoms with Gasteiger partial charge in [0.2, 0.25) is 0 Å². The monoisotopic (exact) mass is 270 g/mol. The van der Waals surface area contributed by atoms with E-state index in [0.717, 1.165) is 30.1 Å². The number of nitrogens with one attached hydrogen (secondary N) is 1. The third kappa shape index (κ3) is 3.58. The van der Waals surface area contributed by atoms with Gasteiger partial charge in [-0.2, -0.15) is 0 Å². The van der Waals surface area contributed by atoms with E-state index in [2.05, 4.69) is 29.4 Å². The Kier molecular flexibility index (Phi) is 5.13. The van der Waals surface area contributed by atoms with Gasteiger partial charge in [-0.05, 0) is 38.1 Å². The van der Waals surface area contributed by atoms with Crippen molar-refractivity contribution in [1.29, 1.82) is 0 Å². The van der Waals surface area contributed by atoms with Crippen LogP contribution in [0.25, 0.3) is 0 Å². The fourth-order valence-electron chi connectivity index (χ4n) is 2.19. The molecular weight excluding hydrogens is 248 g/mol. The summed E-state index contributed by atoms with van der Waals surface area (Å²) in [5, 5.41) is 3.19. The van der Waals surface area contributed by atoms with Gasteiger partial charge in [-0.25, -0.2) is 0 Å². The van der Waals surface area contributed by atoms with E-state index in [4.69, 9.17) is 4.74 Å². The van der Waals surface area contributed by atoms with Gasteiger partial charge in [0.1, 0.15) is 11.9 Å². The summed E-state index contributed by atoms with van der Waals surface area (Å²) in [4.78, 5) is 4.55. The van der Waals surface area contributed by atoms with E-state index >= 15 is 0 Å². The molecule has 0 spiro atoms. The summed E-state index contributed by atoms with van der Waals surface area (Å²) in [5.74, 6) is 0.877. The van der Waals surface area contributed by atoms with E-state index < -0.39 is 0 Å². The van der Waals surface area contributed by atoms with E-state index in [9.17, 15) is 0 Å². The second-order valence-electron chi connectivity index (χ2n) is 4.83. The molecule has 1 unspecified atom stereocenters. The highest BCUT2D eigenvalue weighted by atomic mass is 16.5. The predicted molar refractivity (Wildman–Crippen MR) is 82.1 cm³/mol. The molecule has 1 N–H and O–H groups in total. The molecule has 0 saturated heterocycles. The van der Waals surface area contributed by atoms with Gasteiger partial charge in [-0.3, -0.25) is 4.98 Å². The Labute approximate surface area is 121 Å². The van der Waals surface area contributed by atoms with Crippen LogP contribution in [0.5, 0.6) is 5.75 Å². The van der Waals surface area contributed by atoms with Crippen molar-refractivity contribution in [3.63, 3.8) is 0 Å². The summed E-state index contributed by atoms with van der Waals surface area (Å²) in [6, 6.07) is 14.3. The summed E-state index contributed by atoms with van der Waals surface area (Å²) in [6.45, 7) is 4.87. The Bertz CT molecular complexity index is 540. The van der Waals surface area contributed by atoms with Gasteiger partial charge in [0, 0.05) is 12.2 Å². The minimum absolute atomic E-state index is 0.00370. The van der Waals surface area contributed by atoms with Crippen LogP contribution in [0.3, 0.4) is 0 Å². The zero-order valence-corrected chi connectivity index (χ0v) is 12.4. The molecule has 106 valence electrons. The van der Waals surface area contributed by atoms with E-state index in [-0.39, 0.29) is 6.10 Å². The molecule has 2 rings (SSSR count). The number of hydrogen-bond acceptors (Lipinski definition) is 3. The standard InChI is InChI=1S/C17H22N2O/c1-4-15-16(11-10-13(2)19-15)20-17(12-18-3)14-8-6-5-7-9-14/h5-11,17-18H,4,12H2,1-3H3. The maximum atomic E-state index is 6.19. The Morgan fingerprint density at radius 1 is 1.15 bits per heavy atom. The molecule has 1 atom stereocenters. The summed E-state index contributed by atoms with van der Waals surface area (Å²) in [5.41, 5.74) is 3.21. The summed E-state index contributed by atoms with van der Waals surface area (Å²) in [7, 11) is 1.94. The highest BCUT2D eigenvalue weighted by Crippen LogP contribution is 2.24.